The number of hydrogen-bond acceptors (Lipinski definition) is 9. The molecule has 0 bridgehead atoms. The van der Waals surface area contributed by atoms with Crippen LogP contribution < -0.4 is 11.0 Å². The van der Waals surface area contributed by atoms with E-state index in [-0.39, 0.29) is 12.4 Å². The molecule has 0 aliphatic carbocycles. The number of aliphatic hydroxyl groups excluding tert-OH is 3. The van der Waals surface area contributed by atoms with Crippen molar-refractivity contribution in [2.45, 2.75) is 50.2 Å². The molecule has 4 N–H and O–H groups in total. The van der Waals surface area contributed by atoms with Crippen molar-refractivity contribution in [3.63, 3.8) is 0 Å². The van der Waals surface area contributed by atoms with Gasteiger partial charge in [-0.15, -0.1) is 0 Å². The molecule has 0 saturated carbocycles. The number of carbonyl (C=O) groups excluding carboxylic acids is 1. The number of nitrogens with one attached hydrogen (secondary N) is 1. The molecule has 2 rings (SSSR count). The Kier molecular flexibility index (Phi) is 6.86. The van der Waals surface area contributed by atoms with Gasteiger partial charge in [-0.3, -0.25) is 9.88 Å². The monoisotopic (exact) mass is 382 g/mol. The van der Waals surface area contributed by atoms with Gasteiger partial charge in [0.2, 0.25) is 0 Å². The summed E-state index contributed by atoms with van der Waals surface area (Å²) in [5, 5.41) is 40.9. The minimum absolute atomic E-state index is 0.114. The molecule has 2 heterocycles. The highest BCUT2D eigenvalue weighted by Crippen LogP contribution is 2.34. The number of aliphatic hydroxyl groups is 3. The maximum absolute atomic E-state index is 12.3. The summed E-state index contributed by atoms with van der Waals surface area (Å²) in [6, 6.07) is 2.86. The van der Waals surface area contributed by atoms with E-state index in [0.29, 0.717) is 11.0 Å². The fraction of sp³-hybridized carbons (Fsp3) is 0.625. The van der Waals surface area contributed by atoms with E-state index in [9.17, 15) is 30.2 Å². The molecule has 1 fully saturated rings. The van der Waals surface area contributed by atoms with Crippen molar-refractivity contribution >= 4 is 11.9 Å². The Hall–Kier alpha value is -2.52. The lowest BCUT2D eigenvalue weighted by atomic mass is 10.0. The average Bonchev–Trinajstić information content (AvgIpc) is 2.90. The van der Waals surface area contributed by atoms with Gasteiger partial charge in [-0.05, 0) is 12.5 Å². The minimum Gasteiger partial charge on any atom is -0.449 e. The molecule has 0 spiro atoms. The summed E-state index contributed by atoms with van der Waals surface area (Å²) in [6.45, 7) is 1.59. The molecule has 11 heteroatoms. The van der Waals surface area contributed by atoms with E-state index in [0.717, 1.165) is 19.0 Å². The van der Waals surface area contributed by atoms with Crippen LogP contribution in [0.2, 0.25) is 0 Å². The first-order valence-corrected chi connectivity index (χ1v) is 8.49. The van der Waals surface area contributed by atoms with Gasteiger partial charge in [0, 0.05) is 6.20 Å². The van der Waals surface area contributed by atoms with Crippen molar-refractivity contribution in [2.24, 2.45) is 0 Å². The van der Waals surface area contributed by atoms with E-state index in [1.54, 1.807) is 6.07 Å². The fourth-order valence-corrected chi connectivity index (χ4v) is 2.68. The highest BCUT2D eigenvalue weighted by Gasteiger charge is 2.56. The minimum atomic E-state index is -2.25. The van der Waals surface area contributed by atoms with Crippen molar-refractivity contribution in [3.05, 3.63) is 22.7 Å². The van der Waals surface area contributed by atoms with Gasteiger partial charge in [0.25, 0.3) is 5.72 Å². The number of unbranched alkanes of at least 4 members (excludes halogenated alkanes) is 2. The molecule has 1 aromatic rings. The summed E-state index contributed by atoms with van der Waals surface area (Å²) in [4.78, 5) is 27.6. The Labute approximate surface area is 154 Å². The second-order valence-corrected chi connectivity index (χ2v) is 6.02. The first-order chi connectivity index (χ1) is 12.9. The number of rotatable bonds is 7. The summed E-state index contributed by atoms with van der Waals surface area (Å²) in [6.07, 6.45) is -1.69. The van der Waals surface area contributed by atoms with Gasteiger partial charge in [0.15, 0.2) is 0 Å². The van der Waals surface area contributed by atoms with Crippen LogP contribution in [0.5, 0.6) is 0 Å². The third-order valence-electron chi connectivity index (χ3n) is 4.15. The molecule has 1 unspecified atom stereocenters. The van der Waals surface area contributed by atoms with Crippen LogP contribution in [0.1, 0.15) is 26.2 Å². The van der Waals surface area contributed by atoms with Gasteiger partial charge in [-0.1, -0.05) is 19.8 Å². The normalized spacial score (nSPS) is 27.1. The molecule has 0 aromatic carbocycles. The molecule has 1 aliphatic heterocycles. The van der Waals surface area contributed by atoms with Crippen molar-refractivity contribution in [1.82, 2.24) is 9.55 Å². The topological polar surface area (TPSA) is 167 Å². The summed E-state index contributed by atoms with van der Waals surface area (Å²) < 4.78 is 10.9. The Balaban J connectivity index is 2.16. The zero-order valence-corrected chi connectivity index (χ0v) is 14.7. The van der Waals surface area contributed by atoms with E-state index in [4.69, 9.17) is 9.47 Å². The van der Waals surface area contributed by atoms with E-state index in [2.05, 4.69) is 10.3 Å². The molecule has 4 atom stereocenters. The molecular formula is C16H22N4O7. The highest BCUT2D eigenvalue weighted by atomic mass is 16.6. The molecule has 0 radical (unpaired) electrons. The highest BCUT2D eigenvalue weighted by molar-refractivity contribution is 5.83. The molecule has 27 heavy (non-hydrogen) atoms. The Bertz CT molecular complexity index is 762. The predicted octanol–water partition coefficient (Wildman–Crippen LogP) is -0.729. The maximum Gasteiger partial charge on any atom is 0.412 e. The number of aromatic nitrogens is 2. The number of anilines is 1. The van der Waals surface area contributed by atoms with Gasteiger partial charge < -0.3 is 24.8 Å². The quantitative estimate of drug-likeness (QED) is 0.444. The summed E-state index contributed by atoms with van der Waals surface area (Å²) >= 11 is 0. The predicted molar refractivity (Wildman–Crippen MR) is 90.6 cm³/mol. The number of nitriles is 1. The largest absolute Gasteiger partial charge is 0.449 e. The number of nitrogens with zero attached hydrogens (tertiary/aromatic N) is 3. The second kappa shape index (κ2) is 8.92. The Morgan fingerprint density at radius 1 is 1.52 bits per heavy atom. The summed E-state index contributed by atoms with van der Waals surface area (Å²) in [5.74, 6) is -0.114. The van der Waals surface area contributed by atoms with Gasteiger partial charge in [-0.2, -0.15) is 10.2 Å². The fourth-order valence-electron chi connectivity index (χ4n) is 2.68. The second-order valence-electron chi connectivity index (χ2n) is 6.02. The zero-order chi connectivity index (χ0) is 20.0. The molecule has 148 valence electrons. The van der Waals surface area contributed by atoms with Crippen LogP contribution in [0.15, 0.2) is 17.1 Å². The number of hydrogen-bond donors (Lipinski definition) is 4. The van der Waals surface area contributed by atoms with Crippen LogP contribution >= 0.6 is 0 Å². The number of carbonyl (C=O) groups is 1. The van der Waals surface area contributed by atoms with E-state index < -0.39 is 42.4 Å². The molecule has 1 saturated heterocycles. The molecule has 1 amide bonds. The lowest BCUT2D eigenvalue weighted by Crippen LogP contribution is -2.49. The van der Waals surface area contributed by atoms with E-state index >= 15 is 0 Å². The van der Waals surface area contributed by atoms with Crippen LogP contribution in [-0.2, 0) is 15.2 Å². The summed E-state index contributed by atoms with van der Waals surface area (Å²) in [5.41, 5.74) is -3.26. The number of amides is 1. The lowest BCUT2D eigenvalue weighted by molar-refractivity contribution is -0.109. The number of ether oxygens (including phenoxy) is 2. The van der Waals surface area contributed by atoms with Gasteiger partial charge in [-0.25, -0.2) is 9.59 Å². The third-order valence-corrected chi connectivity index (χ3v) is 4.15. The smallest absolute Gasteiger partial charge is 0.412 e. The molecular weight excluding hydrogens is 360 g/mol. The first-order valence-electron chi connectivity index (χ1n) is 8.49. The Morgan fingerprint density at radius 2 is 2.26 bits per heavy atom. The van der Waals surface area contributed by atoms with Gasteiger partial charge in [0.05, 0.1) is 13.2 Å². The maximum atomic E-state index is 12.3. The average molecular weight is 382 g/mol. The van der Waals surface area contributed by atoms with Crippen LogP contribution in [0, 0.1) is 11.3 Å². The van der Waals surface area contributed by atoms with Gasteiger partial charge >= 0.3 is 11.8 Å². The van der Waals surface area contributed by atoms with Crippen molar-refractivity contribution in [2.75, 3.05) is 18.5 Å². The van der Waals surface area contributed by atoms with Gasteiger partial charge in [0.1, 0.15) is 30.2 Å². The SMILES string of the molecule is CCCCCOC(=O)Nc1ccn([C@]2(C#N)O[C@H](CO)C(O)[C@@H]2O)c(=O)n1. The molecule has 11 nitrogen and oxygen atoms in total. The lowest BCUT2D eigenvalue weighted by Gasteiger charge is -2.26. The molecule has 1 aromatic heterocycles. The Morgan fingerprint density at radius 3 is 2.81 bits per heavy atom. The van der Waals surface area contributed by atoms with E-state index in [1.807, 2.05) is 6.92 Å². The van der Waals surface area contributed by atoms with Crippen LogP contribution in [0.25, 0.3) is 0 Å². The standard InChI is InChI=1S/C16H22N4O7/c1-2-3-4-7-26-15(25)19-11-5-6-20(14(24)18-11)16(9-17)13(23)12(22)10(8-21)27-16/h5-6,10,12-13,21-23H,2-4,7-8H2,1H3,(H,18,19,24,25)/t10-,12?,13+,16-/m1/s1. The van der Waals surface area contributed by atoms with Crippen molar-refractivity contribution in [3.8, 4) is 6.07 Å². The first kappa shape index (κ1) is 20.8. The van der Waals surface area contributed by atoms with Crippen LogP contribution in [-0.4, -0.2) is 62.5 Å². The summed E-state index contributed by atoms with van der Waals surface area (Å²) in [7, 11) is 0. The zero-order valence-electron chi connectivity index (χ0n) is 14.7. The van der Waals surface area contributed by atoms with Crippen molar-refractivity contribution < 1.29 is 29.6 Å². The third kappa shape index (κ3) is 4.25. The van der Waals surface area contributed by atoms with Crippen LogP contribution in [0.3, 0.4) is 0 Å². The molecule has 1 aliphatic rings. The van der Waals surface area contributed by atoms with E-state index in [1.165, 1.54) is 6.07 Å². The van der Waals surface area contributed by atoms with Crippen LogP contribution in [0.4, 0.5) is 10.6 Å². The van der Waals surface area contributed by atoms with Crippen molar-refractivity contribution in [1.29, 1.82) is 5.26 Å².